The second-order valence-corrected chi connectivity index (χ2v) is 4.23. The molecule has 0 fully saturated rings. The van der Waals surface area contributed by atoms with Gasteiger partial charge in [0.15, 0.2) is 5.65 Å². The van der Waals surface area contributed by atoms with Crippen LogP contribution in [0.25, 0.3) is 22.6 Å². The van der Waals surface area contributed by atoms with E-state index in [9.17, 15) is 4.39 Å². The molecule has 0 atom stereocenters. The molecule has 0 aliphatic rings. The van der Waals surface area contributed by atoms with Crippen molar-refractivity contribution in [3.05, 3.63) is 41.8 Å². The number of hydrogen-bond acceptors (Lipinski definition) is 3. The van der Waals surface area contributed by atoms with E-state index in [0.717, 1.165) is 11.2 Å². The third kappa shape index (κ3) is 1.93. The number of nitrogens with one attached hydrogen (secondary N) is 1. The van der Waals surface area contributed by atoms with Crippen molar-refractivity contribution in [3.63, 3.8) is 0 Å². The van der Waals surface area contributed by atoms with Crippen molar-refractivity contribution in [2.45, 2.75) is 6.92 Å². The molecular weight excluding hydrogens is 245 g/mol. The molecule has 0 radical (unpaired) electrons. The second kappa shape index (κ2) is 4.35. The van der Waals surface area contributed by atoms with Crippen LogP contribution in [0.3, 0.4) is 0 Å². The number of aromatic amines is 1. The molecule has 4 nitrogen and oxygen atoms in total. The normalized spacial score (nSPS) is 10.9. The maximum absolute atomic E-state index is 14.0. The maximum Gasteiger partial charge on any atom is 0.178 e. The van der Waals surface area contributed by atoms with Crippen LogP contribution in [0, 0.1) is 12.7 Å². The Morgan fingerprint density at radius 1 is 1.16 bits per heavy atom. The summed E-state index contributed by atoms with van der Waals surface area (Å²) in [4.78, 5) is 11.7. The first kappa shape index (κ1) is 11.6. The molecule has 0 saturated carbocycles. The molecule has 3 rings (SSSR count). The van der Waals surface area contributed by atoms with Gasteiger partial charge < -0.3 is 9.72 Å². The fourth-order valence-electron chi connectivity index (χ4n) is 2.01. The molecule has 1 aromatic carbocycles. The molecule has 2 aromatic heterocycles. The Morgan fingerprint density at radius 3 is 2.79 bits per heavy atom. The monoisotopic (exact) mass is 257 g/mol. The number of fused-ring (bicyclic) bond motifs is 1. The Bertz CT molecular complexity index is 752. The van der Waals surface area contributed by atoms with Crippen LogP contribution in [-0.4, -0.2) is 22.1 Å². The summed E-state index contributed by atoms with van der Waals surface area (Å²) in [6, 6.07) is 8.43. The van der Waals surface area contributed by atoms with Crippen LogP contribution in [-0.2, 0) is 0 Å². The van der Waals surface area contributed by atoms with E-state index in [1.807, 2.05) is 19.1 Å². The average Bonchev–Trinajstić information content (AvgIpc) is 2.80. The average molecular weight is 257 g/mol. The topological polar surface area (TPSA) is 50.8 Å². The molecule has 19 heavy (non-hydrogen) atoms. The van der Waals surface area contributed by atoms with E-state index in [2.05, 4.69) is 15.0 Å². The van der Waals surface area contributed by atoms with Crippen LogP contribution in [0.5, 0.6) is 5.75 Å². The fourth-order valence-corrected chi connectivity index (χ4v) is 2.01. The minimum atomic E-state index is -0.380. The molecule has 0 spiro atoms. The summed E-state index contributed by atoms with van der Waals surface area (Å²) in [5, 5.41) is 0. The molecule has 0 aliphatic heterocycles. The largest absolute Gasteiger partial charge is 0.496 e. The number of aryl methyl sites for hydroxylation is 1. The summed E-state index contributed by atoms with van der Waals surface area (Å²) in [6.07, 6.45) is 0. The predicted octanol–water partition coefficient (Wildman–Crippen LogP) is 3.08. The van der Waals surface area contributed by atoms with Gasteiger partial charge in [0.05, 0.1) is 18.2 Å². The molecule has 0 unspecified atom stereocenters. The Kier molecular flexibility index (Phi) is 2.67. The van der Waals surface area contributed by atoms with Crippen molar-refractivity contribution in [3.8, 4) is 17.1 Å². The summed E-state index contributed by atoms with van der Waals surface area (Å²) in [5.41, 5.74) is 2.53. The number of nitrogens with zero attached hydrogens (tertiary/aromatic N) is 2. The van der Waals surface area contributed by atoms with Gasteiger partial charge in [-0.15, -0.1) is 0 Å². The third-order valence-corrected chi connectivity index (χ3v) is 2.92. The molecule has 0 aliphatic carbocycles. The molecule has 1 N–H and O–H groups in total. The number of aromatic nitrogens is 3. The van der Waals surface area contributed by atoms with Crippen molar-refractivity contribution in [2.75, 3.05) is 7.11 Å². The van der Waals surface area contributed by atoms with Gasteiger partial charge in [-0.3, -0.25) is 0 Å². The Balaban J connectivity index is 2.24. The van der Waals surface area contributed by atoms with Crippen molar-refractivity contribution >= 4 is 11.2 Å². The summed E-state index contributed by atoms with van der Waals surface area (Å²) in [7, 11) is 1.50. The quantitative estimate of drug-likeness (QED) is 0.767. The minimum absolute atomic E-state index is 0.320. The van der Waals surface area contributed by atoms with Crippen molar-refractivity contribution in [1.29, 1.82) is 0 Å². The lowest BCUT2D eigenvalue weighted by Crippen LogP contribution is -1.92. The highest BCUT2D eigenvalue weighted by molar-refractivity contribution is 5.78. The second-order valence-electron chi connectivity index (χ2n) is 4.23. The summed E-state index contributed by atoms with van der Waals surface area (Å²) >= 11 is 0. The van der Waals surface area contributed by atoms with E-state index < -0.39 is 0 Å². The number of imidazole rings is 1. The first-order chi connectivity index (χ1) is 9.19. The summed E-state index contributed by atoms with van der Waals surface area (Å²) in [5.74, 6) is 0.481. The van der Waals surface area contributed by atoms with Gasteiger partial charge in [-0.05, 0) is 31.2 Å². The van der Waals surface area contributed by atoms with Crippen LogP contribution in [0.2, 0.25) is 0 Å². The highest BCUT2D eigenvalue weighted by atomic mass is 19.1. The number of methoxy groups -OCH3 is 1. The first-order valence-electron chi connectivity index (χ1n) is 5.85. The highest BCUT2D eigenvalue weighted by Crippen LogP contribution is 2.31. The number of hydrogen-bond donors (Lipinski definition) is 1. The number of benzene rings is 1. The zero-order chi connectivity index (χ0) is 13.4. The van der Waals surface area contributed by atoms with E-state index in [4.69, 9.17) is 4.74 Å². The Labute approximate surface area is 109 Å². The summed E-state index contributed by atoms with van der Waals surface area (Å²) < 4.78 is 19.2. The van der Waals surface area contributed by atoms with Gasteiger partial charge in [-0.2, -0.15) is 0 Å². The van der Waals surface area contributed by atoms with Crippen molar-refractivity contribution in [1.82, 2.24) is 15.0 Å². The first-order valence-corrected chi connectivity index (χ1v) is 5.85. The summed E-state index contributed by atoms with van der Waals surface area (Å²) in [6.45, 7) is 1.89. The number of halogens is 1. The SMILES string of the molecule is COc1cccc(F)c1-c1nc2nc(C)ccc2[nH]1. The van der Waals surface area contributed by atoms with E-state index in [-0.39, 0.29) is 5.82 Å². The number of H-pyrrole nitrogens is 1. The van der Waals surface area contributed by atoms with E-state index >= 15 is 0 Å². The number of pyridine rings is 1. The highest BCUT2D eigenvalue weighted by Gasteiger charge is 2.15. The van der Waals surface area contributed by atoms with Gasteiger partial charge in [-0.1, -0.05) is 6.07 Å². The lowest BCUT2D eigenvalue weighted by Gasteiger charge is -2.06. The minimum Gasteiger partial charge on any atom is -0.496 e. The number of rotatable bonds is 2. The maximum atomic E-state index is 14.0. The zero-order valence-electron chi connectivity index (χ0n) is 10.6. The lowest BCUT2D eigenvalue weighted by atomic mass is 10.2. The van der Waals surface area contributed by atoms with Crippen LogP contribution in [0.4, 0.5) is 4.39 Å². The number of ether oxygens (including phenoxy) is 1. The molecular formula is C14H12FN3O. The molecule has 96 valence electrons. The molecule has 3 aromatic rings. The third-order valence-electron chi connectivity index (χ3n) is 2.92. The predicted molar refractivity (Wildman–Crippen MR) is 70.6 cm³/mol. The molecule has 0 saturated heterocycles. The lowest BCUT2D eigenvalue weighted by molar-refractivity contribution is 0.413. The smallest absolute Gasteiger partial charge is 0.178 e. The van der Waals surface area contributed by atoms with Crippen molar-refractivity contribution < 1.29 is 9.13 Å². The standard InChI is InChI=1S/C14H12FN3O/c1-8-6-7-10-13(16-8)18-14(17-10)12-9(15)4-3-5-11(12)19-2/h3-7H,1-2H3,(H,16,17,18). The van der Waals surface area contributed by atoms with E-state index in [1.54, 1.807) is 12.1 Å². The van der Waals surface area contributed by atoms with E-state index in [1.165, 1.54) is 13.2 Å². The fraction of sp³-hybridized carbons (Fsp3) is 0.143. The van der Waals surface area contributed by atoms with Gasteiger partial charge in [0.1, 0.15) is 17.4 Å². The van der Waals surface area contributed by atoms with Gasteiger partial charge in [0, 0.05) is 5.69 Å². The van der Waals surface area contributed by atoms with Gasteiger partial charge in [-0.25, -0.2) is 14.4 Å². The molecule has 5 heteroatoms. The molecule has 0 bridgehead atoms. The van der Waals surface area contributed by atoms with Gasteiger partial charge >= 0.3 is 0 Å². The van der Waals surface area contributed by atoms with Crippen LogP contribution in [0.1, 0.15) is 5.69 Å². The van der Waals surface area contributed by atoms with E-state index in [0.29, 0.717) is 22.8 Å². The molecule has 0 amide bonds. The molecule has 2 heterocycles. The van der Waals surface area contributed by atoms with Gasteiger partial charge in [0.25, 0.3) is 0 Å². The van der Waals surface area contributed by atoms with Gasteiger partial charge in [0.2, 0.25) is 0 Å². The Morgan fingerprint density at radius 2 is 2.00 bits per heavy atom. The van der Waals surface area contributed by atoms with Crippen molar-refractivity contribution in [2.24, 2.45) is 0 Å². The Hall–Kier alpha value is -2.43. The zero-order valence-corrected chi connectivity index (χ0v) is 10.6. The van der Waals surface area contributed by atoms with Crippen LogP contribution in [0.15, 0.2) is 30.3 Å². The van der Waals surface area contributed by atoms with Crippen LogP contribution >= 0.6 is 0 Å². The van der Waals surface area contributed by atoms with Crippen LogP contribution < -0.4 is 4.74 Å².